The fourth-order valence-corrected chi connectivity index (χ4v) is 5.14. The second-order valence-corrected chi connectivity index (χ2v) is 13.5. The molecular formula is C17H29NSSi. The number of rotatable bonds is 6. The predicted octanol–water partition coefficient (Wildman–Crippen LogP) is 4.00. The molecule has 20 heavy (non-hydrogen) atoms. The summed E-state index contributed by atoms with van der Waals surface area (Å²) < 4.78 is 0.512. The second-order valence-electron chi connectivity index (χ2n) is 7.14. The summed E-state index contributed by atoms with van der Waals surface area (Å²) in [4.78, 5) is 0. The maximum absolute atomic E-state index is 3.68. The highest BCUT2D eigenvalue weighted by Gasteiger charge is 2.32. The zero-order chi connectivity index (χ0) is 14.6. The quantitative estimate of drug-likeness (QED) is 0.797. The van der Waals surface area contributed by atoms with Gasteiger partial charge in [0.15, 0.2) is 0 Å². The van der Waals surface area contributed by atoms with E-state index in [0.717, 1.165) is 13.1 Å². The highest BCUT2D eigenvalue weighted by atomic mass is 32.2. The Labute approximate surface area is 129 Å². The minimum absolute atomic E-state index is 0.512. The van der Waals surface area contributed by atoms with Crippen molar-refractivity contribution in [1.29, 1.82) is 0 Å². The van der Waals surface area contributed by atoms with Crippen LogP contribution in [0.4, 0.5) is 0 Å². The van der Waals surface area contributed by atoms with Gasteiger partial charge in [0.05, 0.1) is 8.07 Å². The van der Waals surface area contributed by atoms with Gasteiger partial charge in [0.2, 0.25) is 0 Å². The molecule has 1 fully saturated rings. The summed E-state index contributed by atoms with van der Waals surface area (Å²) in [6.45, 7) is 9.38. The van der Waals surface area contributed by atoms with Crippen molar-refractivity contribution in [2.45, 2.75) is 56.6 Å². The van der Waals surface area contributed by atoms with Crippen LogP contribution >= 0.6 is 11.8 Å². The minimum atomic E-state index is -1.15. The third-order valence-electron chi connectivity index (χ3n) is 4.54. The molecule has 1 aromatic carbocycles. The Balaban J connectivity index is 1.85. The van der Waals surface area contributed by atoms with Crippen molar-refractivity contribution in [3.05, 3.63) is 29.8 Å². The van der Waals surface area contributed by atoms with Gasteiger partial charge >= 0.3 is 0 Å². The van der Waals surface area contributed by atoms with E-state index < -0.39 is 8.07 Å². The predicted molar refractivity (Wildman–Crippen MR) is 95.8 cm³/mol. The molecular weight excluding hydrogens is 278 g/mol. The van der Waals surface area contributed by atoms with E-state index in [0.29, 0.717) is 4.75 Å². The van der Waals surface area contributed by atoms with Gasteiger partial charge in [-0.15, -0.1) is 0 Å². The van der Waals surface area contributed by atoms with E-state index in [4.69, 9.17) is 0 Å². The summed E-state index contributed by atoms with van der Waals surface area (Å²) in [5, 5.41) is 5.24. The van der Waals surface area contributed by atoms with Crippen LogP contribution in [0.15, 0.2) is 24.3 Å². The Hall–Kier alpha value is -0.253. The number of thioether (sulfide) groups is 1. The van der Waals surface area contributed by atoms with Crippen LogP contribution in [-0.2, 0) is 6.54 Å². The molecule has 0 heterocycles. The summed E-state index contributed by atoms with van der Waals surface area (Å²) in [5.74, 6) is 0. The van der Waals surface area contributed by atoms with Gasteiger partial charge in [-0.25, -0.2) is 0 Å². The van der Waals surface area contributed by atoms with Gasteiger partial charge in [0, 0.05) is 17.8 Å². The van der Waals surface area contributed by atoms with E-state index in [1.165, 1.54) is 31.2 Å². The van der Waals surface area contributed by atoms with Crippen LogP contribution in [0.5, 0.6) is 0 Å². The van der Waals surface area contributed by atoms with Crippen molar-refractivity contribution in [3.63, 3.8) is 0 Å². The molecule has 0 bridgehead atoms. The van der Waals surface area contributed by atoms with Crippen LogP contribution in [0.2, 0.25) is 19.6 Å². The molecule has 0 amide bonds. The fourth-order valence-electron chi connectivity index (χ4n) is 3.03. The molecule has 1 aliphatic rings. The van der Waals surface area contributed by atoms with Crippen molar-refractivity contribution in [3.8, 4) is 0 Å². The van der Waals surface area contributed by atoms with E-state index in [9.17, 15) is 0 Å². The second kappa shape index (κ2) is 6.67. The van der Waals surface area contributed by atoms with Crippen LogP contribution in [0.3, 0.4) is 0 Å². The zero-order valence-electron chi connectivity index (χ0n) is 13.5. The molecule has 1 aliphatic carbocycles. The SMILES string of the molecule is CSC1(CNCc2ccc([Si](C)(C)C)cc2)CCCC1. The lowest BCUT2D eigenvalue weighted by atomic mass is 10.1. The molecule has 0 aromatic heterocycles. The highest BCUT2D eigenvalue weighted by Crippen LogP contribution is 2.39. The van der Waals surface area contributed by atoms with E-state index in [2.05, 4.69) is 67.2 Å². The maximum Gasteiger partial charge on any atom is 0.0775 e. The van der Waals surface area contributed by atoms with E-state index >= 15 is 0 Å². The van der Waals surface area contributed by atoms with Gasteiger partial charge in [-0.1, -0.05) is 61.9 Å². The lowest BCUT2D eigenvalue weighted by molar-refractivity contribution is 0.534. The molecule has 1 aromatic rings. The van der Waals surface area contributed by atoms with Crippen molar-refractivity contribution in [1.82, 2.24) is 5.32 Å². The van der Waals surface area contributed by atoms with Crippen LogP contribution < -0.4 is 10.5 Å². The first-order chi connectivity index (χ1) is 9.45. The summed E-state index contributed by atoms with van der Waals surface area (Å²) >= 11 is 2.06. The molecule has 1 nitrogen and oxygen atoms in total. The van der Waals surface area contributed by atoms with Gasteiger partial charge in [-0.3, -0.25) is 0 Å². The smallest absolute Gasteiger partial charge is 0.0775 e. The normalized spacial score (nSPS) is 18.4. The summed E-state index contributed by atoms with van der Waals surface area (Å²) in [7, 11) is -1.15. The van der Waals surface area contributed by atoms with Gasteiger partial charge in [0.25, 0.3) is 0 Å². The van der Waals surface area contributed by atoms with Crippen LogP contribution in [0.1, 0.15) is 31.2 Å². The fraction of sp³-hybridized carbons (Fsp3) is 0.647. The zero-order valence-corrected chi connectivity index (χ0v) is 15.3. The third kappa shape index (κ3) is 4.12. The Kier molecular flexibility index (Phi) is 5.38. The topological polar surface area (TPSA) is 12.0 Å². The lowest BCUT2D eigenvalue weighted by Crippen LogP contribution is -2.37. The van der Waals surface area contributed by atoms with E-state index in [-0.39, 0.29) is 0 Å². The first kappa shape index (κ1) is 16.1. The minimum Gasteiger partial charge on any atom is -0.311 e. The van der Waals surface area contributed by atoms with Gasteiger partial charge in [0.1, 0.15) is 0 Å². The molecule has 1 saturated carbocycles. The van der Waals surface area contributed by atoms with Gasteiger partial charge in [-0.2, -0.15) is 11.8 Å². The van der Waals surface area contributed by atoms with Crippen molar-refractivity contribution in [2.24, 2.45) is 0 Å². The molecule has 1 N–H and O–H groups in total. The summed E-state index contributed by atoms with van der Waals surface area (Å²) in [6.07, 6.45) is 7.86. The number of benzene rings is 1. The number of hydrogen-bond donors (Lipinski definition) is 1. The molecule has 2 rings (SSSR count). The average Bonchev–Trinajstić information content (AvgIpc) is 2.88. The van der Waals surface area contributed by atoms with Crippen molar-refractivity contribution >= 4 is 25.0 Å². The first-order valence-corrected chi connectivity index (χ1v) is 12.5. The summed E-state index contributed by atoms with van der Waals surface area (Å²) in [6, 6.07) is 9.29. The van der Waals surface area contributed by atoms with E-state index in [1.807, 2.05) is 0 Å². The molecule has 3 heteroatoms. The Morgan fingerprint density at radius 2 is 1.70 bits per heavy atom. The Bertz CT molecular complexity index is 416. The molecule has 0 radical (unpaired) electrons. The van der Waals surface area contributed by atoms with Crippen molar-refractivity contribution < 1.29 is 0 Å². The van der Waals surface area contributed by atoms with Crippen LogP contribution in [0.25, 0.3) is 0 Å². The monoisotopic (exact) mass is 307 g/mol. The number of hydrogen-bond acceptors (Lipinski definition) is 2. The van der Waals surface area contributed by atoms with Gasteiger partial charge < -0.3 is 5.32 Å². The van der Waals surface area contributed by atoms with Crippen LogP contribution in [-0.4, -0.2) is 25.6 Å². The van der Waals surface area contributed by atoms with Crippen LogP contribution in [0, 0.1) is 0 Å². The van der Waals surface area contributed by atoms with Gasteiger partial charge in [-0.05, 0) is 24.7 Å². The molecule has 0 atom stereocenters. The Morgan fingerprint density at radius 1 is 1.10 bits per heavy atom. The van der Waals surface area contributed by atoms with Crippen molar-refractivity contribution in [2.75, 3.05) is 12.8 Å². The first-order valence-electron chi connectivity index (χ1n) is 7.81. The largest absolute Gasteiger partial charge is 0.311 e. The maximum atomic E-state index is 3.68. The summed E-state index contributed by atoms with van der Waals surface area (Å²) in [5.41, 5.74) is 1.42. The van der Waals surface area contributed by atoms with E-state index in [1.54, 1.807) is 5.19 Å². The molecule has 0 unspecified atom stereocenters. The average molecular weight is 308 g/mol. The standard InChI is InChI=1S/C17H29NSSi/c1-19-17(11-5-6-12-17)14-18-13-15-7-9-16(10-8-15)20(2,3)4/h7-10,18H,5-6,11-14H2,1-4H3. The Morgan fingerprint density at radius 3 is 2.20 bits per heavy atom. The molecule has 0 spiro atoms. The third-order valence-corrected chi connectivity index (χ3v) is 8.03. The lowest BCUT2D eigenvalue weighted by Gasteiger charge is -2.27. The molecule has 112 valence electrons. The highest BCUT2D eigenvalue weighted by molar-refractivity contribution is 8.00. The molecule has 0 aliphatic heterocycles. The number of nitrogens with one attached hydrogen (secondary N) is 1. The molecule has 0 saturated heterocycles.